The summed E-state index contributed by atoms with van der Waals surface area (Å²) in [6.45, 7) is 6.34. The average Bonchev–Trinajstić information content (AvgIpc) is 3.08. The summed E-state index contributed by atoms with van der Waals surface area (Å²) < 4.78 is 28.4. The zero-order valence-electron chi connectivity index (χ0n) is 16.2. The van der Waals surface area contributed by atoms with Gasteiger partial charge in [0.25, 0.3) is 15.9 Å². The smallest absolute Gasteiger partial charge is 0.271 e. The van der Waals surface area contributed by atoms with E-state index in [1.165, 1.54) is 6.07 Å². The van der Waals surface area contributed by atoms with Crippen molar-refractivity contribution in [2.75, 3.05) is 10.0 Å². The Balaban J connectivity index is 1.73. The minimum absolute atomic E-state index is 0.0125. The Hall–Kier alpha value is -2.16. The summed E-state index contributed by atoms with van der Waals surface area (Å²) in [5.74, 6) is -0.257. The Morgan fingerprint density at radius 3 is 2.21 bits per heavy atom. The van der Waals surface area contributed by atoms with Crippen LogP contribution in [0.3, 0.4) is 0 Å². The summed E-state index contributed by atoms with van der Waals surface area (Å²) >= 11 is 4.39. The van der Waals surface area contributed by atoms with Gasteiger partial charge in [0.05, 0.1) is 9.47 Å². The molecule has 3 rings (SSSR count). The molecule has 5 nitrogen and oxygen atoms in total. The first-order chi connectivity index (χ1) is 13.5. The van der Waals surface area contributed by atoms with Crippen LogP contribution in [-0.2, 0) is 15.4 Å². The van der Waals surface area contributed by atoms with Gasteiger partial charge in [-0.25, -0.2) is 8.42 Å². The molecule has 0 aliphatic carbocycles. The highest BCUT2D eigenvalue weighted by Gasteiger charge is 2.17. The molecule has 8 heteroatoms. The molecule has 0 spiro atoms. The summed E-state index contributed by atoms with van der Waals surface area (Å²) in [6, 6.07) is 17.3. The maximum absolute atomic E-state index is 12.5. The molecular weight excluding hydrogens is 472 g/mol. The second kappa shape index (κ2) is 8.30. The number of hydrogen-bond acceptors (Lipinski definition) is 4. The van der Waals surface area contributed by atoms with Crippen LogP contribution < -0.4 is 10.0 Å². The number of carbonyl (C=O) groups excluding carboxylic acids is 1. The molecule has 152 valence electrons. The number of carbonyl (C=O) groups is 1. The van der Waals surface area contributed by atoms with Crippen molar-refractivity contribution < 1.29 is 13.2 Å². The largest absolute Gasteiger partial charge is 0.322 e. The first kappa shape index (κ1) is 21.5. The fourth-order valence-corrected chi connectivity index (χ4v) is 5.69. The molecule has 2 N–H and O–H groups in total. The van der Waals surface area contributed by atoms with Gasteiger partial charge in [0.2, 0.25) is 0 Å². The number of halogens is 1. The number of benzene rings is 2. The van der Waals surface area contributed by atoms with Gasteiger partial charge in [-0.15, -0.1) is 11.3 Å². The average molecular weight is 493 g/mol. The lowest BCUT2D eigenvalue weighted by Gasteiger charge is -2.19. The van der Waals surface area contributed by atoms with E-state index in [9.17, 15) is 13.2 Å². The van der Waals surface area contributed by atoms with E-state index in [1.807, 2.05) is 12.1 Å². The first-order valence-electron chi connectivity index (χ1n) is 8.85. The number of thiophene rings is 1. The fourth-order valence-electron chi connectivity index (χ4n) is 2.63. The summed E-state index contributed by atoms with van der Waals surface area (Å²) in [7, 11) is -3.68. The van der Waals surface area contributed by atoms with Crippen molar-refractivity contribution >= 4 is 54.6 Å². The Bertz CT molecular complexity index is 1130. The molecule has 0 aliphatic heterocycles. The van der Waals surface area contributed by atoms with Crippen LogP contribution in [0.2, 0.25) is 0 Å². The van der Waals surface area contributed by atoms with Crippen LogP contribution in [0.5, 0.6) is 0 Å². The third-order valence-electron chi connectivity index (χ3n) is 4.20. The molecular formula is C21H21BrN2O3S2. The van der Waals surface area contributed by atoms with Gasteiger partial charge < -0.3 is 5.32 Å². The highest BCUT2D eigenvalue weighted by molar-refractivity contribution is 9.11. The lowest BCUT2D eigenvalue weighted by Crippen LogP contribution is -2.15. The highest BCUT2D eigenvalue weighted by atomic mass is 79.9. The Labute approximate surface area is 183 Å². The lowest BCUT2D eigenvalue weighted by atomic mass is 9.87. The lowest BCUT2D eigenvalue weighted by molar-refractivity contribution is 0.102. The van der Waals surface area contributed by atoms with E-state index in [-0.39, 0.29) is 15.5 Å². The third kappa shape index (κ3) is 5.46. The predicted octanol–water partition coefficient (Wildman–Crippen LogP) is 5.86. The van der Waals surface area contributed by atoms with Crippen LogP contribution in [0.15, 0.2) is 68.7 Å². The Morgan fingerprint density at radius 1 is 0.966 bits per heavy atom. The number of amides is 1. The van der Waals surface area contributed by atoms with E-state index in [2.05, 4.69) is 46.7 Å². The van der Waals surface area contributed by atoms with Gasteiger partial charge in [0.15, 0.2) is 0 Å². The van der Waals surface area contributed by atoms with E-state index in [0.29, 0.717) is 16.9 Å². The zero-order chi connectivity index (χ0) is 21.2. The van der Waals surface area contributed by atoms with Crippen LogP contribution in [0.25, 0.3) is 0 Å². The topological polar surface area (TPSA) is 75.3 Å². The molecule has 0 atom stereocenters. The monoisotopic (exact) mass is 492 g/mol. The van der Waals surface area contributed by atoms with E-state index in [4.69, 9.17) is 0 Å². The van der Waals surface area contributed by atoms with Crippen molar-refractivity contribution in [3.63, 3.8) is 0 Å². The van der Waals surface area contributed by atoms with Crippen LogP contribution in [-0.4, -0.2) is 14.3 Å². The summed E-state index contributed by atoms with van der Waals surface area (Å²) in [5, 5.41) is 2.81. The van der Waals surface area contributed by atoms with Crippen LogP contribution in [0.1, 0.15) is 36.7 Å². The van der Waals surface area contributed by atoms with Crippen molar-refractivity contribution in [2.45, 2.75) is 30.4 Å². The zero-order valence-corrected chi connectivity index (χ0v) is 19.4. The number of anilines is 2. The maximum Gasteiger partial charge on any atom is 0.271 e. The third-order valence-corrected chi connectivity index (χ3v) is 7.70. The van der Waals surface area contributed by atoms with Gasteiger partial charge in [-0.2, -0.15) is 0 Å². The number of sulfonamides is 1. The summed E-state index contributed by atoms with van der Waals surface area (Å²) in [5.41, 5.74) is 2.56. The molecule has 1 aromatic heterocycles. The van der Waals surface area contributed by atoms with Crippen LogP contribution >= 0.6 is 27.3 Å². The molecule has 0 unspecified atom stereocenters. The molecule has 0 saturated carbocycles. The SMILES string of the molecule is CC(C)(C)c1ccc(C(=O)Nc2cccc(NS(=O)(=O)c3ccc(Br)s3)c2)cc1. The van der Waals surface area contributed by atoms with Crippen molar-refractivity contribution in [3.8, 4) is 0 Å². The minimum atomic E-state index is -3.68. The maximum atomic E-state index is 12.5. The number of rotatable bonds is 5. The molecule has 0 bridgehead atoms. The van der Waals surface area contributed by atoms with Crippen molar-refractivity contribution in [3.05, 3.63) is 75.6 Å². The predicted molar refractivity (Wildman–Crippen MR) is 122 cm³/mol. The summed E-state index contributed by atoms with van der Waals surface area (Å²) in [4.78, 5) is 12.5. The molecule has 0 fully saturated rings. The van der Waals surface area contributed by atoms with E-state index in [1.54, 1.807) is 42.5 Å². The van der Waals surface area contributed by atoms with Gasteiger partial charge in [-0.05, 0) is 69.4 Å². The van der Waals surface area contributed by atoms with Crippen molar-refractivity contribution in [2.24, 2.45) is 0 Å². The van der Waals surface area contributed by atoms with Gasteiger partial charge in [0.1, 0.15) is 4.21 Å². The van der Waals surface area contributed by atoms with E-state index >= 15 is 0 Å². The number of nitrogens with one attached hydrogen (secondary N) is 2. The van der Waals surface area contributed by atoms with Crippen molar-refractivity contribution in [1.29, 1.82) is 0 Å². The van der Waals surface area contributed by atoms with Gasteiger partial charge in [0, 0.05) is 11.3 Å². The fraction of sp³-hybridized carbons (Fsp3) is 0.190. The van der Waals surface area contributed by atoms with Crippen molar-refractivity contribution in [1.82, 2.24) is 0 Å². The molecule has 3 aromatic rings. The molecule has 0 radical (unpaired) electrons. The van der Waals surface area contributed by atoms with Crippen LogP contribution in [0, 0.1) is 0 Å². The minimum Gasteiger partial charge on any atom is -0.322 e. The summed E-state index contributed by atoms with van der Waals surface area (Å²) in [6.07, 6.45) is 0. The number of hydrogen-bond donors (Lipinski definition) is 2. The second-order valence-corrected chi connectivity index (χ2v) is 11.9. The van der Waals surface area contributed by atoms with E-state index in [0.717, 1.165) is 20.7 Å². The van der Waals surface area contributed by atoms with E-state index < -0.39 is 10.0 Å². The molecule has 1 amide bonds. The highest BCUT2D eigenvalue weighted by Crippen LogP contribution is 2.28. The van der Waals surface area contributed by atoms with Gasteiger partial charge >= 0.3 is 0 Å². The normalized spacial score (nSPS) is 11.9. The quantitative estimate of drug-likeness (QED) is 0.468. The molecule has 0 aliphatic rings. The molecule has 0 saturated heterocycles. The van der Waals surface area contributed by atoms with Gasteiger partial charge in [-0.1, -0.05) is 39.0 Å². The Kier molecular flexibility index (Phi) is 6.16. The second-order valence-electron chi connectivity index (χ2n) is 7.53. The molecule has 2 aromatic carbocycles. The standard InChI is InChI=1S/C21H21BrN2O3S2/c1-21(2,3)15-9-7-14(8-10-15)20(25)23-16-5-4-6-17(13-16)24-29(26,27)19-12-11-18(22)28-19/h4-13,24H,1-3H3,(H,23,25). The van der Waals surface area contributed by atoms with Gasteiger partial charge in [-0.3, -0.25) is 9.52 Å². The Morgan fingerprint density at radius 2 is 1.62 bits per heavy atom. The van der Waals surface area contributed by atoms with Crippen LogP contribution in [0.4, 0.5) is 11.4 Å². The molecule has 29 heavy (non-hydrogen) atoms. The first-order valence-corrected chi connectivity index (χ1v) is 11.9. The molecule has 1 heterocycles.